The van der Waals surface area contributed by atoms with Gasteiger partial charge in [0.15, 0.2) is 0 Å². The SMILES string of the molecule is CCCCCCC(C)Nc1nnnn1C. The quantitative estimate of drug-likeness (QED) is 0.701. The molecule has 86 valence electrons. The third-order valence-corrected chi connectivity index (χ3v) is 2.49. The van der Waals surface area contributed by atoms with Crippen LogP contribution in [0.2, 0.25) is 0 Å². The van der Waals surface area contributed by atoms with E-state index < -0.39 is 0 Å². The summed E-state index contributed by atoms with van der Waals surface area (Å²) in [5.41, 5.74) is 0. The van der Waals surface area contributed by atoms with E-state index in [1.165, 1.54) is 32.1 Å². The fourth-order valence-corrected chi connectivity index (χ4v) is 1.52. The number of hydrogen-bond acceptors (Lipinski definition) is 4. The van der Waals surface area contributed by atoms with Crippen molar-refractivity contribution in [3.63, 3.8) is 0 Å². The zero-order valence-electron chi connectivity index (χ0n) is 9.90. The minimum Gasteiger partial charge on any atom is -0.351 e. The Balaban J connectivity index is 2.18. The highest BCUT2D eigenvalue weighted by Gasteiger charge is 2.06. The molecule has 5 heteroatoms. The van der Waals surface area contributed by atoms with E-state index in [1.807, 2.05) is 7.05 Å². The smallest absolute Gasteiger partial charge is 0.242 e. The zero-order chi connectivity index (χ0) is 11.1. The van der Waals surface area contributed by atoms with Gasteiger partial charge in [-0.05, 0) is 23.8 Å². The molecule has 0 aliphatic rings. The van der Waals surface area contributed by atoms with Crippen molar-refractivity contribution in [1.29, 1.82) is 0 Å². The minimum absolute atomic E-state index is 0.437. The van der Waals surface area contributed by atoms with E-state index in [-0.39, 0.29) is 0 Å². The van der Waals surface area contributed by atoms with Crippen LogP contribution in [0.1, 0.15) is 46.0 Å². The number of tetrazole rings is 1. The summed E-state index contributed by atoms with van der Waals surface area (Å²) in [5.74, 6) is 0.748. The molecule has 0 bridgehead atoms. The van der Waals surface area contributed by atoms with E-state index in [4.69, 9.17) is 0 Å². The van der Waals surface area contributed by atoms with Crippen molar-refractivity contribution >= 4 is 5.95 Å². The Bertz CT molecular complexity index is 271. The third kappa shape index (κ3) is 4.27. The standard InChI is InChI=1S/C10H21N5/c1-4-5-6-7-8-9(2)11-10-12-13-14-15(10)3/h9H,4-8H2,1-3H3,(H,11,12,14). The van der Waals surface area contributed by atoms with E-state index in [2.05, 4.69) is 34.7 Å². The number of nitrogens with one attached hydrogen (secondary N) is 1. The second kappa shape index (κ2) is 6.37. The number of hydrogen-bond donors (Lipinski definition) is 1. The summed E-state index contributed by atoms with van der Waals surface area (Å²) in [4.78, 5) is 0. The monoisotopic (exact) mass is 211 g/mol. The molecular weight excluding hydrogens is 190 g/mol. The predicted molar refractivity (Wildman–Crippen MR) is 60.6 cm³/mol. The molecular formula is C10H21N5. The lowest BCUT2D eigenvalue weighted by molar-refractivity contribution is 0.588. The van der Waals surface area contributed by atoms with Crippen molar-refractivity contribution in [2.75, 3.05) is 5.32 Å². The van der Waals surface area contributed by atoms with Gasteiger partial charge >= 0.3 is 0 Å². The van der Waals surface area contributed by atoms with E-state index in [1.54, 1.807) is 4.68 Å². The normalized spacial score (nSPS) is 12.7. The van der Waals surface area contributed by atoms with Crippen LogP contribution in [0, 0.1) is 0 Å². The summed E-state index contributed by atoms with van der Waals surface area (Å²) in [7, 11) is 1.84. The first-order valence-electron chi connectivity index (χ1n) is 5.73. The maximum atomic E-state index is 3.89. The molecule has 0 aliphatic carbocycles. The lowest BCUT2D eigenvalue weighted by atomic mass is 10.1. The van der Waals surface area contributed by atoms with Gasteiger partial charge in [0.05, 0.1) is 0 Å². The summed E-state index contributed by atoms with van der Waals surface area (Å²) < 4.78 is 1.66. The Kier molecular flexibility index (Phi) is 5.07. The predicted octanol–water partition coefficient (Wildman–Crippen LogP) is 1.98. The number of anilines is 1. The van der Waals surface area contributed by atoms with Gasteiger partial charge < -0.3 is 5.32 Å². The van der Waals surface area contributed by atoms with Crippen LogP contribution in [0.4, 0.5) is 5.95 Å². The first-order valence-corrected chi connectivity index (χ1v) is 5.73. The fourth-order valence-electron chi connectivity index (χ4n) is 1.52. The van der Waals surface area contributed by atoms with Gasteiger partial charge in [-0.1, -0.05) is 37.7 Å². The second-order valence-corrected chi connectivity index (χ2v) is 4.02. The van der Waals surface area contributed by atoms with Gasteiger partial charge in [0, 0.05) is 13.1 Å². The highest BCUT2D eigenvalue weighted by Crippen LogP contribution is 2.08. The van der Waals surface area contributed by atoms with Crippen molar-refractivity contribution in [1.82, 2.24) is 20.2 Å². The van der Waals surface area contributed by atoms with Crippen molar-refractivity contribution < 1.29 is 0 Å². The molecule has 1 rings (SSSR count). The first-order chi connectivity index (χ1) is 7.24. The molecule has 0 amide bonds. The summed E-state index contributed by atoms with van der Waals surface area (Å²) in [5, 5.41) is 14.5. The highest BCUT2D eigenvalue weighted by molar-refractivity contribution is 5.22. The Hall–Kier alpha value is -1.13. The molecule has 5 nitrogen and oxygen atoms in total. The molecule has 1 aromatic heterocycles. The largest absolute Gasteiger partial charge is 0.351 e. The molecule has 1 atom stereocenters. The molecule has 0 fully saturated rings. The lowest BCUT2D eigenvalue weighted by Gasteiger charge is -2.12. The lowest BCUT2D eigenvalue weighted by Crippen LogP contribution is -2.17. The number of aromatic nitrogens is 4. The molecule has 1 aromatic rings. The topological polar surface area (TPSA) is 55.6 Å². The fraction of sp³-hybridized carbons (Fsp3) is 0.900. The van der Waals surface area contributed by atoms with Crippen LogP contribution in [-0.4, -0.2) is 26.2 Å². The Labute approximate surface area is 91.2 Å². The maximum absolute atomic E-state index is 3.89. The first kappa shape index (κ1) is 11.9. The zero-order valence-corrected chi connectivity index (χ0v) is 9.90. The third-order valence-electron chi connectivity index (χ3n) is 2.49. The molecule has 1 unspecified atom stereocenters. The summed E-state index contributed by atoms with van der Waals surface area (Å²) in [6.07, 6.45) is 6.38. The second-order valence-electron chi connectivity index (χ2n) is 4.02. The van der Waals surface area contributed by atoms with Crippen LogP contribution in [0.3, 0.4) is 0 Å². The average molecular weight is 211 g/mol. The van der Waals surface area contributed by atoms with Crippen LogP contribution in [0.15, 0.2) is 0 Å². The van der Waals surface area contributed by atoms with Crippen molar-refractivity contribution in [3.05, 3.63) is 0 Å². The number of unbranched alkanes of at least 4 members (excludes halogenated alkanes) is 3. The van der Waals surface area contributed by atoms with Crippen molar-refractivity contribution in [3.8, 4) is 0 Å². The van der Waals surface area contributed by atoms with Gasteiger partial charge in [-0.25, -0.2) is 4.68 Å². The van der Waals surface area contributed by atoms with Crippen molar-refractivity contribution in [2.24, 2.45) is 7.05 Å². The molecule has 0 aromatic carbocycles. The highest BCUT2D eigenvalue weighted by atomic mass is 15.6. The molecule has 1 N–H and O–H groups in total. The van der Waals surface area contributed by atoms with Crippen LogP contribution in [0.5, 0.6) is 0 Å². The number of rotatable bonds is 7. The van der Waals surface area contributed by atoms with Crippen LogP contribution < -0.4 is 5.32 Å². The van der Waals surface area contributed by atoms with Gasteiger partial charge in [0.25, 0.3) is 0 Å². The van der Waals surface area contributed by atoms with Gasteiger partial charge in [-0.2, -0.15) is 0 Å². The van der Waals surface area contributed by atoms with Crippen molar-refractivity contribution in [2.45, 2.75) is 52.0 Å². The molecule has 0 saturated carbocycles. The van der Waals surface area contributed by atoms with Crippen LogP contribution in [-0.2, 0) is 7.05 Å². The van der Waals surface area contributed by atoms with E-state index in [0.717, 1.165) is 5.95 Å². The van der Waals surface area contributed by atoms with E-state index in [9.17, 15) is 0 Å². The van der Waals surface area contributed by atoms with Crippen LogP contribution in [0.25, 0.3) is 0 Å². The Morgan fingerprint density at radius 3 is 2.73 bits per heavy atom. The summed E-state index contributed by atoms with van der Waals surface area (Å²) in [6.45, 7) is 4.40. The number of aryl methyl sites for hydroxylation is 1. The van der Waals surface area contributed by atoms with E-state index in [0.29, 0.717) is 6.04 Å². The summed E-state index contributed by atoms with van der Waals surface area (Å²) in [6, 6.07) is 0.437. The van der Waals surface area contributed by atoms with Crippen LogP contribution >= 0.6 is 0 Å². The Morgan fingerprint density at radius 2 is 2.13 bits per heavy atom. The van der Waals surface area contributed by atoms with Gasteiger partial charge in [0.1, 0.15) is 0 Å². The molecule has 1 heterocycles. The molecule has 15 heavy (non-hydrogen) atoms. The minimum atomic E-state index is 0.437. The van der Waals surface area contributed by atoms with Gasteiger partial charge in [-0.3, -0.25) is 0 Å². The molecule has 0 aliphatic heterocycles. The van der Waals surface area contributed by atoms with Gasteiger partial charge in [-0.15, -0.1) is 0 Å². The Morgan fingerprint density at radius 1 is 1.33 bits per heavy atom. The van der Waals surface area contributed by atoms with E-state index >= 15 is 0 Å². The average Bonchev–Trinajstić information content (AvgIpc) is 2.59. The molecule has 0 saturated heterocycles. The maximum Gasteiger partial charge on any atom is 0.242 e. The summed E-state index contributed by atoms with van der Waals surface area (Å²) >= 11 is 0. The molecule has 0 radical (unpaired) electrons. The number of nitrogens with zero attached hydrogens (tertiary/aromatic N) is 4. The molecule has 0 spiro atoms. The van der Waals surface area contributed by atoms with Gasteiger partial charge in [0.2, 0.25) is 5.95 Å².